The maximum Gasteiger partial charge on any atom is 0.248 e. The first-order chi connectivity index (χ1) is 11.5. The highest BCUT2D eigenvalue weighted by molar-refractivity contribution is 14.0. The van der Waals surface area contributed by atoms with E-state index in [1.165, 1.54) is 0 Å². The molecular weight excluding hydrogens is 439 g/mol. The van der Waals surface area contributed by atoms with Crippen molar-refractivity contribution in [2.24, 2.45) is 4.99 Å². The number of aliphatic imine (C=N–C) groups is 1. The van der Waals surface area contributed by atoms with Gasteiger partial charge in [-0.15, -0.1) is 24.0 Å². The van der Waals surface area contributed by atoms with Gasteiger partial charge in [0, 0.05) is 32.7 Å². The molecule has 9 nitrogen and oxygen atoms in total. The molecule has 25 heavy (non-hydrogen) atoms. The van der Waals surface area contributed by atoms with Gasteiger partial charge in [-0.3, -0.25) is 4.90 Å². The minimum atomic E-state index is -0.866. The van der Waals surface area contributed by atoms with Crippen molar-refractivity contribution >= 4 is 29.9 Å². The van der Waals surface area contributed by atoms with E-state index in [0.29, 0.717) is 37.3 Å². The van der Waals surface area contributed by atoms with E-state index < -0.39 is 5.60 Å². The smallest absolute Gasteiger partial charge is 0.248 e. The Balaban J connectivity index is 0.00000312. The number of β-amino-alcohol motifs (C(OH)–C–C–N with tert-alkyl or cyclic N) is 1. The van der Waals surface area contributed by atoms with Crippen molar-refractivity contribution in [2.75, 3.05) is 45.9 Å². The first-order valence-electron chi connectivity index (χ1n) is 8.32. The zero-order valence-corrected chi connectivity index (χ0v) is 17.4. The molecule has 1 aromatic heterocycles. The van der Waals surface area contributed by atoms with Crippen LogP contribution >= 0.6 is 24.0 Å². The molecule has 1 atom stereocenters. The second-order valence-corrected chi connectivity index (χ2v) is 6.17. The summed E-state index contributed by atoms with van der Waals surface area (Å²) in [7, 11) is 0. The van der Waals surface area contributed by atoms with Gasteiger partial charge in [0.1, 0.15) is 6.54 Å². The second-order valence-electron chi connectivity index (χ2n) is 6.17. The molecule has 144 valence electrons. The molecule has 0 aromatic carbocycles. The van der Waals surface area contributed by atoms with Crippen molar-refractivity contribution in [3.63, 3.8) is 0 Å². The van der Waals surface area contributed by atoms with E-state index in [9.17, 15) is 5.11 Å². The summed E-state index contributed by atoms with van der Waals surface area (Å²) in [6.45, 7) is 10.7. The predicted molar refractivity (Wildman–Crippen MR) is 105 cm³/mol. The van der Waals surface area contributed by atoms with Gasteiger partial charge in [-0.2, -0.15) is 4.98 Å². The SMILES string of the molecule is CCNC(=NCc1nc(C)no1)NCC(C)(O)CN1CCOCC1.I. The molecule has 3 N–H and O–H groups in total. The molecule has 2 heterocycles. The number of morpholine rings is 1. The van der Waals surface area contributed by atoms with E-state index in [4.69, 9.17) is 9.26 Å². The van der Waals surface area contributed by atoms with Crippen LogP contribution in [0.2, 0.25) is 0 Å². The van der Waals surface area contributed by atoms with Gasteiger partial charge < -0.3 is 25.0 Å². The molecule has 2 rings (SSSR count). The first kappa shape index (κ1) is 22.1. The lowest BCUT2D eigenvalue weighted by molar-refractivity contribution is -0.0201. The van der Waals surface area contributed by atoms with E-state index >= 15 is 0 Å². The van der Waals surface area contributed by atoms with Crippen LogP contribution in [0.1, 0.15) is 25.6 Å². The van der Waals surface area contributed by atoms with Gasteiger partial charge in [0.15, 0.2) is 11.8 Å². The van der Waals surface area contributed by atoms with Crippen LogP contribution in [0.4, 0.5) is 0 Å². The molecular formula is C15H29IN6O3. The third-order valence-corrected chi connectivity index (χ3v) is 3.59. The highest BCUT2D eigenvalue weighted by atomic mass is 127. The van der Waals surface area contributed by atoms with Crippen molar-refractivity contribution in [2.45, 2.75) is 32.9 Å². The monoisotopic (exact) mass is 468 g/mol. The van der Waals surface area contributed by atoms with E-state index in [1.54, 1.807) is 6.92 Å². The Morgan fingerprint density at radius 2 is 2.08 bits per heavy atom. The van der Waals surface area contributed by atoms with Crippen LogP contribution in [0.15, 0.2) is 9.52 Å². The van der Waals surface area contributed by atoms with Gasteiger partial charge in [-0.05, 0) is 20.8 Å². The molecule has 0 aliphatic carbocycles. The summed E-state index contributed by atoms with van der Waals surface area (Å²) in [5, 5.41) is 20.7. The average molecular weight is 468 g/mol. The van der Waals surface area contributed by atoms with Gasteiger partial charge in [0.2, 0.25) is 5.89 Å². The van der Waals surface area contributed by atoms with Crippen molar-refractivity contribution in [1.29, 1.82) is 0 Å². The second kappa shape index (κ2) is 10.9. The molecule has 0 saturated carbocycles. The number of hydrogen-bond donors (Lipinski definition) is 3. The summed E-state index contributed by atoms with van der Waals surface area (Å²) < 4.78 is 10.4. The summed E-state index contributed by atoms with van der Waals surface area (Å²) in [6.07, 6.45) is 0. The van der Waals surface area contributed by atoms with Gasteiger partial charge in [0.25, 0.3) is 0 Å². The molecule has 1 aliphatic heterocycles. The number of guanidine groups is 1. The summed E-state index contributed by atoms with van der Waals surface area (Å²) in [6, 6.07) is 0. The Morgan fingerprint density at radius 1 is 1.36 bits per heavy atom. The number of aryl methyl sites for hydroxylation is 1. The minimum Gasteiger partial charge on any atom is -0.387 e. The Morgan fingerprint density at radius 3 is 2.68 bits per heavy atom. The molecule has 0 radical (unpaired) electrons. The van der Waals surface area contributed by atoms with E-state index in [2.05, 4.69) is 30.7 Å². The largest absolute Gasteiger partial charge is 0.387 e. The number of hydrogen-bond acceptors (Lipinski definition) is 7. The van der Waals surface area contributed by atoms with Crippen molar-refractivity contribution in [3.8, 4) is 0 Å². The fraction of sp³-hybridized carbons (Fsp3) is 0.800. The maximum absolute atomic E-state index is 10.6. The molecule has 1 aromatic rings. The van der Waals surface area contributed by atoms with Gasteiger partial charge in [0.05, 0.1) is 18.8 Å². The van der Waals surface area contributed by atoms with Gasteiger partial charge in [-0.1, -0.05) is 5.16 Å². The molecule has 0 spiro atoms. The number of aliphatic hydroxyl groups is 1. The van der Waals surface area contributed by atoms with Crippen LogP contribution in [0.25, 0.3) is 0 Å². The lowest BCUT2D eigenvalue weighted by Crippen LogP contribution is -2.52. The molecule has 1 fully saturated rings. The van der Waals surface area contributed by atoms with Crippen LogP contribution in [-0.4, -0.2) is 77.6 Å². The zero-order valence-electron chi connectivity index (χ0n) is 15.1. The van der Waals surface area contributed by atoms with E-state index in [-0.39, 0.29) is 24.0 Å². The fourth-order valence-corrected chi connectivity index (χ4v) is 2.46. The normalized spacial score (nSPS) is 18.3. The summed E-state index contributed by atoms with van der Waals surface area (Å²) in [5.74, 6) is 1.66. The highest BCUT2D eigenvalue weighted by Crippen LogP contribution is 2.07. The third kappa shape index (κ3) is 8.29. The van der Waals surface area contributed by atoms with Gasteiger partial charge >= 0.3 is 0 Å². The summed E-state index contributed by atoms with van der Waals surface area (Å²) in [5.41, 5.74) is -0.866. The highest BCUT2D eigenvalue weighted by Gasteiger charge is 2.25. The Labute approximate surface area is 165 Å². The zero-order chi connectivity index (χ0) is 17.4. The standard InChI is InChI=1S/C15H28N6O3.HI/c1-4-16-14(17-9-13-19-12(2)20-24-13)18-10-15(3,22)11-21-5-7-23-8-6-21;/h22H,4-11H2,1-3H3,(H2,16,17,18);1H. The van der Waals surface area contributed by atoms with Crippen LogP contribution in [-0.2, 0) is 11.3 Å². The Hall–Kier alpha value is -0.980. The maximum atomic E-state index is 10.6. The van der Waals surface area contributed by atoms with Crippen LogP contribution in [0.5, 0.6) is 0 Å². The predicted octanol–water partition coefficient (Wildman–Crippen LogP) is 0.134. The lowest BCUT2D eigenvalue weighted by Gasteiger charge is -2.34. The number of nitrogens with one attached hydrogen (secondary N) is 2. The number of aromatic nitrogens is 2. The number of halogens is 1. The minimum absolute atomic E-state index is 0. The molecule has 0 amide bonds. The third-order valence-electron chi connectivity index (χ3n) is 3.59. The van der Waals surface area contributed by atoms with E-state index in [1.807, 2.05) is 13.8 Å². The average Bonchev–Trinajstić information content (AvgIpc) is 2.96. The molecule has 10 heteroatoms. The van der Waals surface area contributed by atoms with Crippen molar-refractivity contribution < 1.29 is 14.4 Å². The topological polar surface area (TPSA) is 108 Å². The number of rotatable bonds is 7. The quantitative estimate of drug-likeness (QED) is 0.295. The first-order valence-corrected chi connectivity index (χ1v) is 8.32. The Kier molecular flexibility index (Phi) is 9.61. The summed E-state index contributed by atoms with van der Waals surface area (Å²) >= 11 is 0. The Bertz CT molecular complexity index is 531. The van der Waals surface area contributed by atoms with Crippen molar-refractivity contribution in [1.82, 2.24) is 25.7 Å². The van der Waals surface area contributed by atoms with Gasteiger partial charge in [-0.25, -0.2) is 4.99 Å². The molecule has 1 aliphatic rings. The van der Waals surface area contributed by atoms with Crippen LogP contribution < -0.4 is 10.6 Å². The van der Waals surface area contributed by atoms with Crippen molar-refractivity contribution in [3.05, 3.63) is 11.7 Å². The van der Waals surface area contributed by atoms with Crippen LogP contribution in [0, 0.1) is 6.92 Å². The lowest BCUT2D eigenvalue weighted by atomic mass is 10.1. The molecule has 0 bridgehead atoms. The summed E-state index contributed by atoms with van der Waals surface area (Å²) in [4.78, 5) is 10.7. The number of nitrogens with zero attached hydrogens (tertiary/aromatic N) is 4. The molecule has 1 unspecified atom stereocenters. The molecule has 1 saturated heterocycles. The fourth-order valence-electron chi connectivity index (χ4n) is 2.46. The number of ether oxygens (including phenoxy) is 1. The van der Waals surface area contributed by atoms with Crippen LogP contribution in [0.3, 0.4) is 0 Å². The van der Waals surface area contributed by atoms with E-state index in [0.717, 1.165) is 32.8 Å².